The third-order valence-corrected chi connectivity index (χ3v) is 6.49. The number of benzene rings is 1. The second-order valence-electron chi connectivity index (χ2n) is 7.83. The zero-order chi connectivity index (χ0) is 24.9. The molecule has 4 rings (SSSR count). The molecule has 35 heavy (non-hydrogen) atoms. The molecule has 0 spiro atoms. The Hall–Kier alpha value is -3.99. The number of allylic oxidation sites excluding steroid dienone is 1. The molecule has 0 aliphatic carbocycles. The van der Waals surface area contributed by atoms with Crippen molar-refractivity contribution in [3.8, 4) is 0 Å². The normalized spacial score (nSPS) is 16.9. The monoisotopic (exact) mass is 493 g/mol. The molecule has 1 aromatic carbocycles. The van der Waals surface area contributed by atoms with Gasteiger partial charge in [-0.3, -0.25) is 19.9 Å². The number of nitro groups is 1. The number of amidine groups is 1. The average Bonchev–Trinajstić information content (AvgIpc) is 3.25. The van der Waals surface area contributed by atoms with Crippen molar-refractivity contribution in [2.24, 2.45) is 4.99 Å². The number of aromatic nitrogens is 1. The first kappa shape index (κ1) is 24.1. The van der Waals surface area contributed by atoms with Crippen molar-refractivity contribution in [3.05, 3.63) is 92.4 Å². The van der Waals surface area contributed by atoms with Crippen LogP contribution in [0.2, 0.25) is 0 Å². The molecule has 180 valence electrons. The van der Waals surface area contributed by atoms with Crippen molar-refractivity contribution in [1.29, 1.82) is 0 Å². The number of fused-ring (bicyclic) bond motifs is 1. The van der Waals surface area contributed by atoms with Crippen LogP contribution in [0.1, 0.15) is 30.6 Å². The Morgan fingerprint density at radius 1 is 1.23 bits per heavy atom. The van der Waals surface area contributed by atoms with Gasteiger partial charge in [0.25, 0.3) is 5.69 Å². The largest absolute Gasteiger partial charge is 0.466 e. The van der Waals surface area contributed by atoms with Gasteiger partial charge in [-0.15, -0.1) is 0 Å². The van der Waals surface area contributed by atoms with Gasteiger partial charge in [0.1, 0.15) is 0 Å². The molecule has 1 aromatic heterocycles. The maximum absolute atomic E-state index is 12.7. The summed E-state index contributed by atoms with van der Waals surface area (Å²) in [6.45, 7) is 2.16. The molecule has 10 nitrogen and oxygen atoms in total. The van der Waals surface area contributed by atoms with Gasteiger partial charge in [-0.2, -0.15) is 0 Å². The van der Waals surface area contributed by atoms with E-state index in [1.165, 1.54) is 31.0 Å². The SMILES string of the molecule is COC(=O)C1=C(C)N=C2SC=C(CC(=O)NCCc3ccccn3)N2[C@H]1c1ccc([N+](=O)[O-])cc1. The number of hydrogen-bond donors (Lipinski definition) is 1. The minimum Gasteiger partial charge on any atom is -0.466 e. The zero-order valence-electron chi connectivity index (χ0n) is 19.1. The average molecular weight is 494 g/mol. The van der Waals surface area contributed by atoms with E-state index in [9.17, 15) is 19.7 Å². The molecule has 0 fully saturated rings. The van der Waals surface area contributed by atoms with Crippen LogP contribution < -0.4 is 5.32 Å². The Morgan fingerprint density at radius 3 is 2.66 bits per heavy atom. The van der Waals surface area contributed by atoms with Gasteiger partial charge in [0.15, 0.2) is 5.17 Å². The number of hydrogen-bond acceptors (Lipinski definition) is 9. The van der Waals surface area contributed by atoms with E-state index in [-0.39, 0.29) is 18.0 Å². The van der Waals surface area contributed by atoms with Crippen molar-refractivity contribution in [2.45, 2.75) is 25.8 Å². The molecule has 1 amide bonds. The van der Waals surface area contributed by atoms with Crippen molar-refractivity contribution in [2.75, 3.05) is 13.7 Å². The maximum Gasteiger partial charge on any atom is 0.338 e. The predicted octanol–water partition coefficient (Wildman–Crippen LogP) is 3.49. The molecular weight excluding hydrogens is 470 g/mol. The number of nitro benzene ring substituents is 1. The van der Waals surface area contributed by atoms with Crippen LogP contribution in [0.25, 0.3) is 0 Å². The summed E-state index contributed by atoms with van der Waals surface area (Å²) in [6, 6.07) is 11.0. The minimum absolute atomic E-state index is 0.0578. The number of nitrogens with one attached hydrogen (secondary N) is 1. The van der Waals surface area contributed by atoms with Gasteiger partial charge in [-0.1, -0.05) is 17.8 Å². The first-order valence-electron chi connectivity index (χ1n) is 10.8. The van der Waals surface area contributed by atoms with E-state index in [0.29, 0.717) is 40.7 Å². The van der Waals surface area contributed by atoms with Crippen molar-refractivity contribution in [1.82, 2.24) is 15.2 Å². The van der Waals surface area contributed by atoms with Gasteiger partial charge in [0, 0.05) is 42.7 Å². The molecule has 2 aromatic rings. The van der Waals surface area contributed by atoms with E-state index in [1.54, 1.807) is 25.3 Å². The predicted molar refractivity (Wildman–Crippen MR) is 131 cm³/mol. The lowest BCUT2D eigenvalue weighted by Gasteiger charge is -2.36. The summed E-state index contributed by atoms with van der Waals surface area (Å²) < 4.78 is 5.02. The van der Waals surface area contributed by atoms with Gasteiger partial charge in [0.05, 0.1) is 35.8 Å². The fraction of sp³-hybridized carbons (Fsp3) is 0.250. The van der Waals surface area contributed by atoms with Crippen LogP contribution in [0.3, 0.4) is 0 Å². The summed E-state index contributed by atoms with van der Waals surface area (Å²) >= 11 is 1.36. The Balaban J connectivity index is 1.56. The highest BCUT2D eigenvalue weighted by molar-refractivity contribution is 8.16. The summed E-state index contributed by atoms with van der Waals surface area (Å²) in [7, 11) is 1.29. The third kappa shape index (κ3) is 5.24. The molecule has 0 saturated heterocycles. The smallest absolute Gasteiger partial charge is 0.338 e. The molecule has 0 saturated carbocycles. The molecular formula is C24H23N5O5S. The fourth-order valence-corrected chi connectivity index (χ4v) is 4.90. The second-order valence-corrected chi connectivity index (χ2v) is 8.67. The van der Waals surface area contributed by atoms with Gasteiger partial charge in [-0.25, -0.2) is 9.79 Å². The highest BCUT2D eigenvalue weighted by Crippen LogP contribution is 2.44. The minimum atomic E-state index is -0.640. The number of thioether (sulfide) groups is 1. The maximum atomic E-state index is 12.7. The quantitative estimate of drug-likeness (QED) is 0.336. The fourth-order valence-electron chi connectivity index (χ4n) is 3.94. The lowest BCUT2D eigenvalue weighted by molar-refractivity contribution is -0.384. The first-order valence-corrected chi connectivity index (χ1v) is 11.7. The number of pyridine rings is 1. The van der Waals surface area contributed by atoms with E-state index in [4.69, 9.17) is 4.74 Å². The molecule has 1 atom stereocenters. The van der Waals surface area contributed by atoms with Gasteiger partial charge >= 0.3 is 5.97 Å². The van der Waals surface area contributed by atoms with Gasteiger partial charge in [-0.05, 0) is 42.2 Å². The Kier molecular flexibility index (Phi) is 7.25. The van der Waals surface area contributed by atoms with Crippen LogP contribution in [-0.2, 0) is 20.7 Å². The molecule has 3 heterocycles. The third-order valence-electron chi connectivity index (χ3n) is 5.60. The van der Waals surface area contributed by atoms with Crippen molar-refractivity contribution in [3.63, 3.8) is 0 Å². The van der Waals surface area contributed by atoms with Crippen LogP contribution in [0.15, 0.2) is 76.0 Å². The van der Waals surface area contributed by atoms with Crippen LogP contribution in [-0.4, -0.2) is 45.5 Å². The highest BCUT2D eigenvalue weighted by atomic mass is 32.2. The number of aliphatic imine (C=N–C) groups is 1. The number of amides is 1. The summed E-state index contributed by atoms with van der Waals surface area (Å²) in [6.07, 6.45) is 2.39. The molecule has 0 unspecified atom stereocenters. The van der Waals surface area contributed by atoms with Crippen LogP contribution in [0.5, 0.6) is 0 Å². The summed E-state index contributed by atoms with van der Waals surface area (Å²) in [5, 5.41) is 16.5. The van der Waals surface area contributed by atoms with Crippen molar-refractivity contribution < 1.29 is 19.2 Å². The Labute approximate surface area is 205 Å². The number of carbonyl (C=O) groups is 2. The number of carbonyl (C=O) groups excluding carboxylic acids is 2. The topological polar surface area (TPSA) is 127 Å². The standard InChI is InChI=1S/C24H23N5O5S/c1-15-21(23(31)34-2)22(16-6-8-18(9-7-16)29(32)33)28-19(14-35-24(28)27-15)13-20(30)26-12-10-17-5-3-4-11-25-17/h3-9,11,14,22H,10,12-13H2,1-2H3,(H,26,30)/t22-/m0/s1. The van der Waals surface area contributed by atoms with E-state index in [1.807, 2.05) is 28.5 Å². The van der Waals surface area contributed by atoms with Crippen LogP contribution in [0, 0.1) is 10.1 Å². The number of rotatable bonds is 8. The highest BCUT2D eigenvalue weighted by Gasteiger charge is 2.41. The van der Waals surface area contributed by atoms with E-state index in [2.05, 4.69) is 15.3 Å². The van der Waals surface area contributed by atoms with Crippen LogP contribution >= 0.6 is 11.8 Å². The summed E-state index contributed by atoms with van der Waals surface area (Å²) in [5.74, 6) is -0.730. The summed E-state index contributed by atoms with van der Waals surface area (Å²) in [4.78, 5) is 46.7. The Bertz CT molecular complexity index is 1240. The van der Waals surface area contributed by atoms with Crippen LogP contribution in [0.4, 0.5) is 5.69 Å². The molecule has 0 bridgehead atoms. The lowest BCUT2D eigenvalue weighted by Crippen LogP contribution is -2.38. The van der Waals surface area contributed by atoms with Gasteiger partial charge < -0.3 is 15.0 Å². The second kappa shape index (κ2) is 10.5. The lowest BCUT2D eigenvalue weighted by atomic mass is 9.93. The molecule has 11 heteroatoms. The number of esters is 1. The number of methoxy groups -OCH3 is 1. The van der Waals surface area contributed by atoms with E-state index < -0.39 is 16.9 Å². The van der Waals surface area contributed by atoms with Gasteiger partial charge in [0.2, 0.25) is 5.91 Å². The molecule has 2 aliphatic heterocycles. The number of non-ortho nitro benzene ring substituents is 1. The zero-order valence-corrected chi connectivity index (χ0v) is 19.9. The first-order chi connectivity index (χ1) is 16.9. The number of nitrogens with zero attached hydrogens (tertiary/aromatic N) is 4. The molecule has 0 radical (unpaired) electrons. The molecule has 1 N–H and O–H groups in total. The Morgan fingerprint density at radius 2 is 2.00 bits per heavy atom. The van der Waals surface area contributed by atoms with Crippen molar-refractivity contribution >= 4 is 34.5 Å². The molecule has 2 aliphatic rings. The van der Waals surface area contributed by atoms with E-state index >= 15 is 0 Å². The summed E-state index contributed by atoms with van der Waals surface area (Å²) in [5.41, 5.74) is 2.95. The number of ether oxygens (including phenoxy) is 1. The van der Waals surface area contributed by atoms with E-state index in [0.717, 1.165) is 5.69 Å².